The Balaban J connectivity index is 2.71. The average molecular weight is 402 g/mol. The van der Waals surface area contributed by atoms with Crippen molar-refractivity contribution in [1.29, 1.82) is 0 Å². The normalized spacial score (nSPS) is 11.5. The van der Waals surface area contributed by atoms with E-state index < -0.39 is 85.9 Å². The fraction of sp³-hybridized carbons (Fsp3) is 0. The quantitative estimate of drug-likeness (QED) is 0.265. The number of benzene rings is 3. The van der Waals surface area contributed by atoms with E-state index in [0.29, 0.717) is 0 Å². The molecule has 0 heterocycles. The largest absolute Gasteiger partial charge is 0.206 e. The molecule has 0 radical (unpaired) electrons. The van der Waals surface area contributed by atoms with Crippen LogP contribution in [0.3, 0.4) is 0 Å². The molecule has 0 atom stereocenters. The van der Waals surface area contributed by atoms with Crippen molar-refractivity contribution in [1.82, 2.24) is 0 Å². The smallest absolute Gasteiger partial charge is 0.198 e. The van der Waals surface area contributed by atoms with Gasteiger partial charge in [-0.15, -0.1) is 0 Å². The lowest BCUT2D eigenvalue weighted by Gasteiger charge is -2.15. The fourth-order valence-electron chi connectivity index (χ4n) is 2.53. The first-order valence-electron chi connectivity index (χ1n) is 6.66. The van der Waals surface area contributed by atoms with Gasteiger partial charge in [0.2, 0.25) is 0 Å². The molecule has 0 aromatic heterocycles. The fourth-order valence-corrected chi connectivity index (χ4v) is 2.53. The lowest BCUT2D eigenvalue weighted by molar-refractivity contribution is 0.410. The van der Waals surface area contributed by atoms with Gasteiger partial charge in [0.25, 0.3) is 0 Å². The molecule has 27 heavy (non-hydrogen) atoms. The molecule has 0 spiro atoms. The molecule has 0 amide bonds. The van der Waals surface area contributed by atoms with Crippen molar-refractivity contribution in [2.75, 3.05) is 0 Å². The van der Waals surface area contributed by atoms with Crippen molar-refractivity contribution < 1.29 is 48.3 Å². The first-order chi connectivity index (χ1) is 12.5. The van der Waals surface area contributed by atoms with Gasteiger partial charge >= 0.3 is 0 Å². The molecule has 0 bridgehead atoms. The van der Waals surface area contributed by atoms with E-state index in [1.807, 2.05) is 0 Å². The van der Waals surface area contributed by atoms with Crippen LogP contribution < -0.4 is 0 Å². The molecule has 0 aliphatic heterocycles. The molecular weight excluding hydrogens is 401 g/mol. The Kier molecular flexibility index (Phi) is 4.28. The summed E-state index contributed by atoms with van der Waals surface area (Å²) in [6.07, 6.45) is 0. The van der Waals surface area contributed by atoms with Gasteiger partial charge in [-0.25, -0.2) is 48.3 Å². The number of hydrogen-bond donors (Lipinski definition) is 0. The molecule has 0 aliphatic carbocycles. The molecule has 0 saturated carbocycles. The van der Waals surface area contributed by atoms with E-state index in [9.17, 15) is 48.3 Å². The predicted molar refractivity (Wildman–Crippen MR) is 68.9 cm³/mol. The molecule has 0 unspecified atom stereocenters. The Labute approximate surface area is 141 Å². The molecule has 3 rings (SSSR count). The van der Waals surface area contributed by atoms with Gasteiger partial charge in [-0.1, -0.05) is 0 Å². The maximum Gasteiger partial charge on any atom is 0.198 e. The van der Waals surface area contributed by atoms with Crippen LogP contribution in [0.4, 0.5) is 48.3 Å². The van der Waals surface area contributed by atoms with Crippen molar-refractivity contribution in [2.24, 2.45) is 0 Å². The summed E-state index contributed by atoms with van der Waals surface area (Å²) in [7, 11) is 0. The monoisotopic (exact) mass is 402 g/mol. The lowest BCUT2D eigenvalue weighted by Crippen LogP contribution is -2.08. The van der Waals surface area contributed by atoms with Crippen LogP contribution in [-0.2, 0) is 0 Å². The van der Waals surface area contributed by atoms with Crippen molar-refractivity contribution in [3.8, 4) is 11.1 Å². The van der Waals surface area contributed by atoms with Crippen LogP contribution in [0.2, 0.25) is 0 Å². The summed E-state index contributed by atoms with van der Waals surface area (Å²) in [4.78, 5) is 0. The molecule has 0 fully saturated rings. The van der Waals surface area contributed by atoms with E-state index in [4.69, 9.17) is 0 Å². The second kappa shape index (κ2) is 6.10. The summed E-state index contributed by atoms with van der Waals surface area (Å²) in [6.45, 7) is 0. The Morgan fingerprint density at radius 2 is 0.741 bits per heavy atom. The van der Waals surface area contributed by atoms with E-state index in [-0.39, 0.29) is 6.07 Å². The summed E-state index contributed by atoms with van der Waals surface area (Å²) in [5.41, 5.74) is -3.99. The van der Waals surface area contributed by atoms with Crippen molar-refractivity contribution in [3.05, 3.63) is 70.1 Å². The lowest BCUT2D eigenvalue weighted by atomic mass is 9.94. The number of fused-ring (bicyclic) bond motifs is 1. The number of hydrogen-bond acceptors (Lipinski definition) is 0. The number of halogens is 11. The zero-order valence-electron chi connectivity index (χ0n) is 12.2. The highest BCUT2D eigenvalue weighted by atomic mass is 19.2. The second-order valence-corrected chi connectivity index (χ2v) is 5.17. The van der Waals surface area contributed by atoms with Crippen LogP contribution in [0.15, 0.2) is 6.07 Å². The van der Waals surface area contributed by atoms with Gasteiger partial charge in [-0.05, 0) is 0 Å². The SMILES string of the molecule is Fc1cc(F)c(-c2c(F)c(F)c(F)c3c(F)c(F)c(F)c(F)c23)c(F)c1F. The second-order valence-electron chi connectivity index (χ2n) is 5.17. The Morgan fingerprint density at radius 3 is 1.26 bits per heavy atom. The molecule has 0 nitrogen and oxygen atoms in total. The molecule has 0 saturated heterocycles. The summed E-state index contributed by atoms with van der Waals surface area (Å²) in [5.74, 6) is -27.3. The highest BCUT2D eigenvalue weighted by Crippen LogP contribution is 2.42. The molecule has 142 valence electrons. The third-order valence-electron chi connectivity index (χ3n) is 3.71. The van der Waals surface area contributed by atoms with E-state index >= 15 is 0 Å². The van der Waals surface area contributed by atoms with Crippen LogP contribution in [0, 0.1) is 64.0 Å². The first kappa shape index (κ1) is 18.9. The molecular formula is C16HF11. The Hall–Kier alpha value is -2.85. The van der Waals surface area contributed by atoms with E-state index in [2.05, 4.69) is 0 Å². The van der Waals surface area contributed by atoms with Crippen LogP contribution in [-0.4, -0.2) is 0 Å². The van der Waals surface area contributed by atoms with Gasteiger partial charge in [0.1, 0.15) is 5.82 Å². The zero-order valence-corrected chi connectivity index (χ0v) is 12.2. The number of rotatable bonds is 1. The van der Waals surface area contributed by atoms with E-state index in [1.54, 1.807) is 0 Å². The van der Waals surface area contributed by atoms with E-state index in [0.717, 1.165) is 0 Å². The highest BCUT2D eigenvalue weighted by Gasteiger charge is 2.34. The van der Waals surface area contributed by atoms with Crippen molar-refractivity contribution in [3.63, 3.8) is 0 Å². The van der Waals surface area contributed by atoms with Gasteiger partial charge < -0.3 is 0 Å². The first-order valence-corrected chi connectivity index (χ1v) is 6.66. The summed E-state index contributed by atoms with van der Waals surface area (Å²) < 4.78 is 151. The summed E-state index contributed by atoms with van der Waals surface area (Å²) in [6, 6.07) is -0.353. The predicted octanol–water partition coefficient (Wildman–Crippen LogP) is 6.04. The minimum Gasteiger partial charge on any atom is -0.206 e. The topological polar surface area (TPSA) is 0 Å². The molecule has 3 aromatic carbocycles. The van der Waals surface area contributed by atoms with Crippen LogP contribution in [0.5, 0.6) is 0 Å². The average Bonchev–Trinajstić information content (AvgIpc) is 2.62. The summed E-state index contributed by atoms with van der Waals surface area (Å²) >= 11 is 0. The van der Waals surface area contributed by atoms with Gasteiger partial charge in [0, 0.05) is 17.0 Å². The minimum atomic E-state index is -2.65. The van der Waals surface area contributed by atoms with Crippen LogP contribution in [0.25, 0.3) is 21.9 Å². The van der Waals surface area contributed by atoms with Crippen LogP contribution in [0.1, 0.15) is 0 Å². The summed E-state index contributed by atoms with van der Waals surface area (Å²) in [5, 5.41) is -3.98. The third-order valence-corrected chi connectivity index (χ3v) is 3.71. The molecule has 11 heteroatoms. The van der Waals surface area contributed by atoms with Crippen molar-refractivity contribution >= 4 is 10.8 Å². The molecule has 0 N–H and O–H groups in total. The zero-order chi connectivity index (χ0) is 20.4. The van der Waals surface area contributed by atoms with Gasteiger partial charge in [0.05, 0.1) is 10.9 Å². The Morgan fingerprint density at radius 1 is 0.333 bits per heavy atom. The highest BCUT2D eigenvalue weighted by molar-refractivity contribution is 5.98. The maximum atomic E-state index is 14.1. The molecule has 0 aliphatic rings. The maximum absolute atomic E-state index is 14.1. The molecule has 3 aromatic rings. The van der Waals surface area contributed by atoms with Gasteiger partial charge in [-0.2, -0.15) is 0 Å². The minimum absolute atomic E-state index is 0.353. The Bertz CT molecular complexity index is 1130. The van der Waals surface area contributed by atoms with Crippen molar-refractivity contribution in [2.45, 2.75) is 0 Å². The van der Waals surface area contributed by atoms with E-state index in [1.165, 1.54) is 0 Å². The van der Waals surface area contributed by atoms with Gasteiger partial charge in [0.15, 0.2) is 58.2 Å². The third kappa shape index (κ3) is 2.44. The standard InChI is InChI=1S/C16HF11/c17-2-1-3(18)8(19)9(20)4(2)5-6-7(12(23)14(25)10(5)21)13(24)16(27)15(26)11(6)22/h1H. The van der Waals surface area contributed by atoms with Crippen LogP contribution >= 0.6 is 0 Å². The van der Waals surface area contributed by atoms with Gasteiger partial charge in [-0.3, -0.25) is 0 Å².